The first-order valence-corrected chi connectivity index (χ1v) is 9.84. The molecule has 1 aliphatic heterocycles. The minimum Gasteiger partial charge on any atom is -0.502 e. The summed E-state index contributed by atoms with van der Waals surface area (Å²) >= 11 is 0. The van der Waals surface area contributed by atoms with E-state index in [0.29, 0.717) is 23.4 Å². The summed E-state index contributed by atoms with van der Waals surface area (Å²) in [6, 6.07) is 9.87. The van der Waals surface area contributed by atoms with Gasteiger partial charge in [0.25, 0.3) is 11.5 Å². The number of H-pyrrole nitrogens is 2. The van der Waals surface area contributed by atoms with Gasteiger partial charge in [0, 0.05) is 12.1 Å². The third-order valence-corrected chi connectivity index (χ3v) is 5.32. The van der Waals surface area contributed by atoms with Gasteiger partial charge >= 0.3 is 0 Å². The average molecular weight is 435 g/mol. The van der Waals surface area contributed by atoms with Crippen LogP contribution in [0.25, 0.3) is 11.6 Å². The molecule has 0 aliphatic carbocycles. The highest BCUT2D eigenvalue weighted by atomic mass is 16.5. The van der Waals surface area contributed by atoms with Crippen molar-refractivity contribution in [3.05, 3.63) is 68.4 Å². The summed E-state index contributed by atoms with van der Waals surface area (Å²) < 4.78 is 10.3. The van der Waals surface area contributed by atoms with Crippen LogP contribution in [-0.4, -0.2) is 47.8 Å². The Morgan fingerprint density at radius 1 is 1.03 bits per heavy atom. The van der Waals surface area contributed by atoms with Crippen molar-refractivity contribution in [3.8, 4) is 17.2 Å². The Bertz CT molecular complexity index is 1390. The molecule has 4 rings (SSSR count). The van der Waals surface area contributed by atoms with Crippen LogP contribution in [0.1, 0.15) is 22.8 Å². The molecule has 0 bridgehead atoms. The SMILES string of the molecule is CCN1C(=O)C(=c2[nH][nH]c(=O)/c2=C\c2cc(OC)c(O)c(OC)c2)C(=O)c2ccccc21. The van der Waals surface area contributed by atoms with Crippen molar-refractivity contribution in [1.29, 1.82) is 0 Å². The smallest absolute Gasteiger partial charge is 0.271 e. The molecule has 3 aromatic rings. The summed E-state index contributed by atoms with van der Waals surface area (Å²) in [6.07, 6.45) is 1.49. The zero-order valence-electron chi connectivity index (χ0n) is 17.7. The Morgan fingerprint density at radius 3 is 2.31 bits per heavy atom. The van der Waals surface area contributed by atoms with Crippen LogP contribution in [0, 0.1) is 0 Å². The van der Waals surface area contributed by atoms with Crippen molar-refractivity contribution >= 4 is 29.0 Å². The van der Waals surface area contributed by atoms with Gasteiger partial charge in [-0.05, 0) is 42.8 Å². The van der Waals surface area contributed by atoms with E-state index in [-0.39, 0.29) is 33.4 Å². The van der Waals surface area contributed by atoms with Gasteiger partial charge in [-0.3, -0.25) is 24.6 Å². The van der Waals surface area contributed by atoms with E-state index in [1.807, 2.05) is 6.92 Å². The van der Waals surface area contributed by atoms with Crippen LogP contribution in [0.4, 0.5) is 5.69 Å². The molecule has 0 fully saturated rings. The molecule has 0 unspecified atom stereocenters. The molecule has 1 aromatic heterocycles. The number of para-hydroxylation sites is 1. The first-order valence-electron chi connectivity index (χ1n) is 9.84. The third-order valence-electron chi connectivity index (χ3n) is 5.32. The Balaban J connectivity index is 2.03. The highest BCUT2D eigenvalue weighted by Crippen LogP contribution is 2.37. The molecular weight excluding hydrogens is 414 g/mol. The van der Waals surface area contributed by atoms with Gasteiger partial charge in [0.1, 0.15) is 5.57 Å². The molecule has 9 nitrogen and oxygen atoms in total. The summed E-state index contributed by atoms with van der Waals surface area (Å²) in [5.74, 6) is -0.860. The molecular formula is C23H21N3O6. The van der Waals surface area contributed by atoms with Gasteiger partial charge in [-0.1, -0.05) is 12.1 Å². The van der Waals surface area contributed by atoms with E-state index in [1.54, 1.807) is 24.3 Å². The van der Waals surface area contributed by atoms with Crippen molar-refractivity contribution in [1.82, 2.24) is 10.2 Å². The van der Waals surface area contributed by atoms with Crippen molar-refractivity contribution in [3.63, 3.8) is 0 Å². The molecule has 1 aliphatic rings. The lowest BCUT2D eigenvalue weighted by molar-refractivity contribution is -0.113. The number of rotatable bonds is 4. The van der Waals surface area contributed by atoms with Crippen LogP contribution < -0.4 is 30.5 Å². The third kappa shape index (κ3) is 3.24. The quantitative estimate of drug-likeness (QED) is 0.553. The number of nitrogens with zero attached hydrogens (tertiary/aromatic N) is 1. The number of aromatic hydroxyl groups is 1. The minimum atomic E-state index is -0.513. The Kier molecular flexibility index (Phi) is 5.31. The van der Waals surface area contributed by atoms with E-state index in [2.05, 4.69) is 10.2 Å². The number of benzene rings is 2. The maximum absolute atomic E-state index is 13.2. The lowest BCUT2D eigenvalue weighted by Crippen LogP contribution is -2.45. The maximum atomic E-state index is 13.2. The number of hydrogen-bond acceptors (Lipinski definition) is 6. The minimum absolute atomic E-state index is 0.0870. The largest absolute Gasteiger partial charge is 0.502 e. The van der Waals surface area contributed by atoms with Crippen LogP contribution in [0.2, 0.25) is 0 Å². The highest BCUT2D eigenvalue weighted by molar-refractivity contribution is 6.51. The number of ether oxygens (including phenoxy) is 2. The van der Waals surface area contributed by atoms with Gasteiger partial charge in [-0.15, -0.1) is 0 Å². The van der Waals surface area contributed by atoms with Crippen LogP contribution in [0.15, 0.2) is 41.2 Å². The molecule has 9 heteroatoms. The van der Waals surface area contributed by atoms with E-state index in [0.717, 1.165) is 0 Å². The normalized spacial score (nSPS) is 15.7. The molecule has 2 heterocycles. The molecule has 0 saturated heterocycles. The number of carbonyl (C=O) groups excluding carboxylic acids is 2. The summed E-state index contributed by atoms with van der Waals surface area (Å²) in [5, 5.41) is 15.4. The Morgan fingerprint density at radius 2 is 1.69 bits per heavy atom. The molecule has 0 saturated carbocycles. The average Bonchev–Trinajstić information content (AvgIpc) is 3.15. The zero-order valence-corrected chi connectivity index (χ0v) is 17.7. The molecule has 3 N–H and O–H groups in total. The number of anilines is 1. The number of Topliss-reactive ketones (excluding diaryl/α,β-unsaturated/α-hetero) is 1. The number of carbonyl (C=O) groups is 2. The first-order chi connectivity index (χ1) is 15.4. The van der Waals surface area contributed by atoms with Crippen molar-refractivity contribution < 1.29 is 24.2 Å². The topological polar surface area (TPSA) is 125 Å². The first kappa shape index (κ1) is 21.0. The van der Waals surface area contributed by atoms with Crippen molar-refractivity contribution in [2.24, 2.45) is 0 Å². The summed E-state index contributed by atoms with van der Waals surface area (Å²) in [5.41, 5.74) is 0.732. The van der Waals surface area contributed by atoms with Gasteiger partial charge in [0.15, 0.2) is 11.5 Å². The van der Waals surface area contributed by atoms with E-state index < -0.39 is 17.2 Å². The number of aromatic nitrogens is 2. The van der Waals surface area contributed by atoms with Crippen LogP contribution in [0.5, 0.6) is 17.2 Å². The molecule has 0 atom stereocenters. The maximum Gasteiger partial charge on any atom is 0.271 e. The molecule has 1 amide bonds. The lowest BCUT2D eigenvalue weighted by atomic mass is 9.94. The van der Waals surface area contributed by atoms with Gasteiger partial charge in [0.2, 0.25) is 11.5 Å². The number of fused-ring (bicyclic) bond motifs is 1. The standard InChI is InChI=1S/C23H21N3O6/c1-4-26-15-8-6-5-7-13(15)20(27)18(23(26)30)19-14(22(29)25-24-19)9-12-10-16(31-2)21(28)17(11-12)32-3/h5-11,24,28H,4H2,1-3H3,(H,25,29)/b14-9-,19-18?. The number of amides is 1. The second-order valence-corrected chi connectivity index (χ2v) is 7.06. The molecule has 32 heavy (non-hydrogen) atoms. The van der Waals surface area contributed by atoms with Crippen LogP contribution in [0.3, 0.4) is 0 Å². The van der Waals surface area contributed by atoms with Gasteiger partial charge < -0.3 is 19.5 Å². The van der Waals surface area contributed by atoms with Crippen LogP contribution in [-0.2, 0) is 4.79 Å². The highest BCUT2D eigenvalue weighted by Gasteiger charge is 2.35. The van der Waals surface area contributed by atoms with Crippen molar-refractivity contribution in [2.75, 3.05) is 25.7 Å². The Labute approximate surface area is 182 Å². The second kappa shape index (κ2) is 8.10. The summed E-state index contributed by atoms with van der Waals surface area (Å²) in [4.78, 5) is 40.6. The number of phenols is 1. The van der Waals surface area contributed by atoms with Crippen molar-refractivity contribution in [2.45, 2.75) is 6.92 Å². The number of aromatic amines is 2. The van der Waals surface area contributed by atoms with Gasteiger partial charge in [0.05, 0.1) is 30.5 Å². The van der Waals surface area contributed by atoms with Crippen LogP contribution >= 0.6 is 0 Å². The van der Waals surface area contributed by atoms with Gasteiger partial charge in [-0.25, -0.2) is 0 Å². The summed E-state index contributed by atoms with van der Waals surface area (Å²) in [7, 11) is 2.78. The molecule has 0 spiro atoms. The number of hydrogen-bond donors (Lipinski definition) is 3. The van der Waals surface area contributed by atoms with E-state index in [4.69, 9.17) is 9.47 Å². The number of methoxy groups -OCH3 is 2. The van der Waals surface area contributed by atoms with E-state index in [1.165, 1.54) is 37.3 Å². The molecule has 2 aromatic carbocycles. The fraction of sp³-hybridized carbons (Fsp3) is 0.174. The Hall–Kier alpha value is -4.27. The molecule has 164 valence electrons. The van der Waals surface area contributed by atoms with E-state index >= 15 is 0 Å². The lowest BCUT2D eigenvalue weighted by Gasteiger charge is -2.28. The zero-order chi connectivity index (χ0) is 23.0. The summed E-state index contributed by atoms with van der Waals surface area (Å²) in [6.45, 7) is 2.16. The fourth-order valence-electron chi connectivity index (χ4n) is 3.78. The second-order valence-electron chi connectivity index (χ2n) is 7.06. The van der Waals surface area contributed by atoms with Gasteiger partial charge in [-0.2, -0.15) is 0 Å². The number of nitrogens with one attached hydrogen (secondary N) is 2. The monoisotopic (exact) mass is 435 g/mol. The molecule has 0 radical (unpaired) electrons. The number of ketones is 1. The fourth-order valence-corrected chi connectivity index (χ4v) is 3.78. The predicted molar refractivity (Wildman–Crippen MR) is 118 cm³/mol. The predicted octanol–water partition coefficient (Wildman–Crippen LogP) is 0.655. The van der Waals surface area contributed by atoms with E-state index in [9.17, 15) is 19.5 Å². The number of phenolic OH excluding ortho intramolecular Hbond substituents is 1.